The zero-order chi connectivity index (χ0) is 17.1. The van der Waals surface area contributed by atoms with Crippen LogP contribution in [0.2, 0.25) is 0 Å². The quantitative estimate of drug-likeness (QED) is 0.533. The van der Waals surface area contributed by atoms with Crippen molar-refractivity contribution in [1.29, 1.82) is 0 Å². The number of esters is 2. The highest BCUT2D eigenvalue weighted by Gasteiger charge is 2.35. The van der Waals surface area contributed by atoms with Gasteiger partial charge in [0, 0.05) is 17.1 Å². The smallest absolute Gasteiger partial charge is 0.324 e. The maximum atomic E-state index is 12.5. The first-order valence-corrected chi connectivity index (χ1v) is 8.00. The molecule has 0 radical (unpaired) electrons. The van der Waals surface area contributed by atoms with Crippen LogP contribution in [-0.2, 0) is 19.1 Å². The molecule has 0 saturated heterocycles. The second-order valence-corrected chi connectivity index (χ2v) is 5.32. The summed E-state index contributed by atoms with van der Waals surface area (Å²) in [5.74, 6) is -2.27. The molecule has 2 heterocycles. The molecule has 0 saturated carbocycles. The van der Waals surface area contributed by atoms with Gasteiger partial charge < -0.3 is 13.9 Å². The van der Waals surface area contributed by atoms with E-state index in [-0.39, 0.29) is 13.2 Å². The van der Waals surface area contributed by atoms with Crippen LogP contribution in [0.1, 0.15) is 25.3 Å². The summed E-state index contributed by atoms with van der Waals surface area (Å²) in [7, 11) is 0. The molecule has 0 aliphatic heterocycles. The number of ether oxygens (including phenoxy) is 2. The van der Waals surface area contributed by atoms with Gasteiger partial charge in [0.05, 0.1) is 24.2 Å². The van der Waals surface area contributed by atoms with Gasteiger partial charge in [-0.2, -0.15) is 0 Å². The summed E-state index contributed by atoms with van der Waals surface area (Å²) >= 11 is 0. The van der Waals surface area contributed by atoms with Crippen molar-refractivity contribution in [2.75, 3.05) is 13.2 Å². The Morgan fingerprint density at radius 1 is 0.917 bits per heavy atom. The Morgan fingerprint density at radius 2 is 1.50 bits per heavy atom. The van der Waals surface area contributed by atoms with Gasteiger partial charge in [-0.25, -0.2) is 0 Å². The molecule has 3 aromatic rings. The molecule has 0 spiro atoms. The normalized spacial score (nSPS) is 11.1. The first-order valence-electron chi connectivity index (χ1n) is 8.00. The molecule has 5 nitrogen and oxygen atoms in total. The predicted molar refractivity (Wildman–Crippen MR) is 90.9 cm³/mol. The summed E-state index contributed by atoms with van der Waals surface area (Å²) in [6.45, 7) is 3.85. The zero-order valence-corrected chi connectivity index (χ0v) is 13.7. The molecule has 0 fully saturated rings. The van der Waals surface area contributed by atoms with Crippen LogP contribution >= 0.6 is 0 Å². The summed E-state index contributed by atoms with van der Waals surface area (Å²) in [6.07, 6.45) is 1.91. The van der Waals surface area contributed by atoms with Crippen LogP contribution in [0.3, 0.4) is 0 Å². The van der Waals surface area contributed by atoms with Gasteiger partial charge in [0.1, 0.15) is 0 Å². The van der Waals surface area contributed by atoms with E-state index in [9.17, 15) is 9.59 Å². The van der Waals surface area contributed by atoms with Gasteiger partial charge in [-0.3, -0.25) is 9.59 Å². The molecule has 0 bridgehead atoms. The third-order valence-corrected chi connectivity index (χ3v) is 3.92. The van der Waals surface area contributed by atoms with E-state index >= 15 is 0 Å². The van der Waals surface area contributed by atoms with Crippen molar-refractivity contribution in [3.8, 4) is 0 Å². The van der Waals surface area contributed by atoms with Crippen molar-refractivity contribution in [3.05, 3.63) is 54.2 Å². The Morgan fingerprint density at radius 3 is 2.17 bits per heavy atom. The van der Waals surface area contributed by atoms with Crippen LogP contribution in [0.4, 0.5) is 0 Å². The van der Waals surface area contributed by atoms with Gasteiger partial charge in [0.25, 0.3) is 0 Å². The first-order chi connectivity index (χ1) is 11.7. The minimum Gasteiger partial charge on any atom is -0.465 e. The number of hydrogen-bond acceptors (Lipinski definition) is 4. The summed E-state index contributed by atoms with van der Waals surface area (Å²) in [6, 6.07) is 13.4. The third-order valence-electron chi connectivity index (χ3n) is 3.92. The lowest BCUT2D eigenvalue weighted by atomic mass is 9.96. The number of hydrogen-bond donors (Lipinski definition) is 0. The average molecular weight is 325 g/mol. The van der Waals surface area contributed by atoms with Crippen LogP contribution in [0.25, 0.3) is 16.4 Å². The predicted octanol–water partition coefficient (Wildman–Crippen LogP) is 3.30. The van der Waals surface area contributed by atoms with Crippen LogP contribution in [0, 0.1) is 0 Å². The number of rotatable bonds is 5. The van der Waals surface area contributed by atoms with E-state index in [1.165, 1.54) is 0 Å². The topological polar surface area (TPSA) is 57.0 Å². The van der Waals surface area contributed by atoms with Crippen molar-refractivity contribution >= 4 is 28.4 Å². The van der Waals surface area contributed by atoms with E-state index in [0.29, 0.717) is 5.56 Å². The van der Waals surface area contributed by atoms with Gasteiger partial charge in [-0.05, 0) is 32.0 Å². The van der Waals surface area contributed by atoms with Gasteiger partial charge in [0.2, 0.25) is 0 Å². The van der Waals surface area contributed by atoms with Crippen LogP contribution in [0.5, 0.6) is 0 Å². The standard InChI is InChI=1S/C19H19NO4/c1-3-23-18(21)17(19(22)24-4-2)16-13-9-5-6-10-14(13)20-12-8-7-11-15(16)20/h5-12,17H,3-4H2,1-2H3. The molecule has 0 amide bonds. The lowest BCUT2D eigenvalue weighted by molar-refractivity contribution is -0.156. The highest BCUT2D eigenvalue weighted by Crippen LogP contribution is 2.34. The average Bonchev–Trinajstić information content (AvgIpc) is 2.91. The minimum atomic E-state index is -1.10. The van der Waals surface area contributed by atoms with Crippen LogP contribution in [0.15, 0.2) is 48.7 Å². The number of carbonyl (C=O) groups excluding carboxylic acids is 2. The second kappa shape index (κ2) is 6.74. The molecule has 0 aliphatic carbocycles. The maximum absolute atomic E-state index is 12.5. The Labute approximate surface area is 139 Å². The Hall–Kier alpha value is -2.82. The highest BCUT2D eigenvalue weighted by atomic mass is 16.6. The molecule has 3 rings (SSSR count). The van der Waals surface area contributed by atoms with Crippen LogP contribution in [-0.4, -0.2) is 29.6 Å². The van der Waals surface area contributed by atoms with Crippen molar-refractivity contribution in [1.82, 2.24) is 4.40 Å². The monoisotopic (exact) mass is 325 g/mol. The number of aromatic nitrogens is 1. The molecular formula is C19H19NO4. The molecule has 24 heavy (non-hydrogen) atoms. The number of pyridine rings is 1. The molecule has 1 aromatic carbocycles. The van der Waals surface area contributed by atoms with Crippen molar-refractivity contribution in [2.45, 2.75) is 19.8 Å². The highest BCUT2D eigenvalue weighted by molar-refractivity contribution is 6.08. The number of nitrogens with zero attached hydrogens (tertiary/aromatic N) is 1. The van der Waals surface area contributed by atoms with E-state index < -0.39 is 17.9 Å². The fourth-order valence-corrected chi connectivity index (χ4v) is 3.01. The lowest BCUT2D eigenvalue weighted by Gasteiger charge is -2.14. The van der Waals surface area contributed by atoms with E-state index in [2.05, 4.69) is 0 Å². The number of fused-ring (bicyclic) bond motifs is 3. The molecule has 0 unspecified atom stereocenters. The third kappa shape index (κ3) is 2.62. The fraction of sp³-hybridized carbons (Fsp3) is 0.263. The maximum Gasteiger partial charge on any atom is 0.324 e. The van der Waals surface area contributed by atoms with E-state index in [0.717, 1.165) is 16.4 Å². The second-order valence-electron chi connectivity index (χ2n) is 5.32. The molecule has 124 valence electrons. The number of para-hydroxylation sites is 1. The molecule has 0 atom stereocenters. The SMILES string of the molecule is CCOC(=O)C(C(=O)OCC)c1c2ccccc2n2ccccc12. The van der Waals surface area contributed by atoms with Gasteiger partial charge in [-0.1, -0.05) is 24.3 Å². The first kappa shape index (κ1) is 16.1. The van der Waals surface area contributed by atoms with Crippen molar-refractivity contribution < 1.29 is 19.1 Å². The summed E-state index contributed by atoms with van der Waals surface area (Å²) < 4.78 is 12.3. The van der Waals surface area contributed by atoms with E-state index in [1.807, 2.05) is 53.1 Å². The van der Waals surface area contributed by atoms with Gasteiger partial charge in [0.15, 0.2) is 5.92 Å². The molecule has 2 aromatic heterocycles. The molecule has 0 aliphatic rings. The van der Waals surface area contributed by atoms with Crippen molar-refractivity contribution in [2.24, 2.45) is 0 Å². The Kier molecular flexibility index (Phi) is 4.51. The summed E-state index contributed by atoms with van der Waals surface area (Å²) in [5, 5.41) is 0.842. The summed E-state index contributed by atoms with van der Waals surface area (Å²) in [5.41, 5.74) is 2.36. The Balaban J connectivity index is 2.29. The zero-order valence-electron chi connectivity index (χ0n) is 13.7. The fourth-order valence-electron chi connectivity index (χ4n) is 3.01. The Bertz CT molecular complexity index is 825. The van der Waals surface area contributed by atoms with Gasteiger partial charge >= 0.3 is 11.9 Å². The number of carbonyl (C=O) groups is 2. The van der Waals surface area contributed by atoms with E-state index in [1.54, 1.807) is 13.8 Å². The number of benzene rings is 1. The lowest BCUT2D eigenvalue weighted by Crippen LogP contribution is -2.26. The van der Waals surface area contributed by atoms with Crippen LogP contribution < -0.4 is 0 Å². The van der Waals surface area contributed by atoms with E-state index in [4.69, 9.17) is 9.47 Å². The minimum absolute atomic E-state index is 0.207. The molecule has 0 N–H and O–H groups in total. The molecular weight excluding hydrogens is 306 g/mol. The van der Waals surface area contributed by atoms with Crippen molar-refractivity contribution in [3.63, 3.8) is 0 Å². The largest absolute Gasteiger partial charge is 0.465 e. The summed E-state index contributed by atoms with van der Waals surface area (Å²) in [4.78, 5) is 25.0. The van der Waals surface area contributed by atoms with Gasteiger partial charge in [-0.15, -0.1) is 0 Å². The molecule has 5 heteroatoms.